The fourth-order valence-corrected chi connectivity index (χ4v) is 4.69. The van der Waals surface area contributed by atoms with Crippen LogP contribution in [0.4, 0.5) is 0 Å². The second-order valence-electron chi connectivity index (χ2n) is 7.22. The van der Waals surface area contributed by atoms with Gasteiger partial charge < -0.3 is 20.3 Å². The SMILES string of the molecule is O=C1NC(=S)S/C1=C\C1CC=C(c2cccc(C(=O)NCCN3CCCC3)c2)O1. The summed E-state index contributed by atoms with van der Waals surface area (Å²) in [7, 11) is 0. The first kappa shape index (κ1) is 20.1. The van der Waals surface area contributed by atoms with Gasteiger partial charge in [0.15, 0.2) is 0 Å². The normalized spacial score (nSPS) is 23.2. The number of hydrogen-bond donors (Lipinski definition) is 2. The summed E-state index contributed by atoms with van der Waals surface area (Å²) in [6.07, 6.45) is 6.75. The van der Waals surface area contributed by atoms with Crippen LogP contribution in [0.2, 0.25) is 0 Å². The molecule has 0 radical (unpaired) electrons. The molecule has 29 heavy (non-hydrogen) atoms. The van der Waals surface area contributed by atoms with Gasteiger partial charge in [-0.25, -0.2) is 0 Å². The monoisotopic (exact) mass is 429 g/mol. The maximum Gasteiger partial charge on any atom is 0.263 e. The van der Waals surface area contributed by atoms with Crippen molar-refractivity contribution in [1.82, 2.24) is 15.5 Å². The van der Waals surface area contributed by atoms with Gasteiger partial charge in [-0.3, -0.25) is 9.59 Å². The highest BCUT2D eigenvalue weighted by Gasteiger charge is 2.26. The molecule has 8 heteroatoms. The molecule has 0 bridgehead atoms. The summed E-state index contributed by atoms with van der Waals surface area (Å²) in [6.45, 7) is 3.80. The fourth-order valence-electron chi connectivity index (χ4n) is 3.62. The van der Waals surface area contributed by atoms with Crippen molar-refractivity contribution < 1.29 is 14.3 Å². The van der Waals surface area contributed by atoms with Gasteiger partial charge in [-0.1, -0.05) is 36.1 Å². The predicted molar refractivity (Wildman–Crippen MR) is 118 cm³/mol. The second-order valence-corrected chi connectivity index (χ2v) is 8.94. The number of amides is 2. The van der Waals surface area contributed by atoms with E-state index < -0.39 is 0 Å². The zero-order chi connectivity index (χ0) is 20.2. The van der Waals surface area contributed by atoms with Gasteiger partial charge >= 0.3 is 0 Å². The molecule has 0 aliphatic carbocycles. The number of carbonyl (C=O) groups is 2. The van der Waals surface area contributed by atoms with E-state index in [4.69, 9.17) is 17.0 Å². The Bertz CT molecular complexity index is 891. The van der Waals surface area contributed by atoms with Gasteiger partial charge in [-0.15, -0.1) is 0 Å². The largest absolute Gasteiger partial charge is 0.486 e. The average Bonchev–Trinajstić information content (AvgIpc) is 3.45. The molecule has 2 amide bonds. The molecule has 2 N–H and O–H groups in total. The van der Waals surface area contributed by atoms with Crippen molar-refractivity contribution >= 4 is 45.9 Å². The fraction of sp³-hybridized carbons (Fsp3) is 0.381. The third-order valence-corrected chi connectivity index (χ3v) is 6.30. The maximum absolute atomic E-state index is 12.5. The van der Waals surface area contributed by atoms with E-state index >= 15 is 0 Å². The molecule has 0 aromatic heterocycles. The number of thioether (sulfide) groups is 1. The lowest BCUT2D eigenvalue weighted by Crippen LogP contribution is -2.33. The highest BCUT2D eigenvalue weighted by Crippen LogP contribution is 2.31. The number of carbonyl (C=O) groups excluding carboxylic acids is 2. The number of nitrogens with zero attached hydrogens (tertiary/aromatic N) is 1. The summed E-state index contributed by atoms with van der Waals surface area (Å²) in [4.78, 5) is 27.2. The van der Waals surface area contributed by atoms with Gasteiger partial charge in [-0.2, -0.15) is 0 Å². The van der Waals surface area contributed by atoms with Gasteiger partial charge in [0.2, 0.25) is 0 Å². The van der Waals surface area contributed by atoms with E-state index in [1.54, 1.807) is 6.08 Å². The van der Waals surface area contributed by atoms with E-state index in [-0.39, 0.29) is 17.9 Å². The zero-order valence-corrected chi connectivity index (χ0v) is 17.6. The van der Waals surface area contributed by atoms with Crippen molar-refractivity contribution in [3.63, 3.8) is 0 Å². The van der Waals surface area contributed by atoms with Crippen LogP contribution in [0.3, 0.4) is 0 Å². The minimum Gasteiger partial charge on any atom is -0.486 e. The number of hydrogen-bond acceptors (Lipinski definition) is 6. The van der Waals surface area contributed by atoms with Gasteiger partial charge in [0, 0.05) is 30.6 Å². The molecular formula is C21H23N3O3S2. The van der Waals surface area contributed by atoms with Crippen molar-refractivity contribution in [2.45, 2.75) is 25.4 Å². The van der Waals surface area contributed by atoms with Crippen LogP contribution in [0.1, 0.15) is 35.2 Å². The Kier molecular flexibility index (Phi) is 6.32. The Morgan fingerprint density at radius 1 is 1.38 bits per heavy atom. The van der Waals surface area contributed by atoms with Crippen molar-refractivity contribution in [2.75, 3.05) is 26.2 Å². The molecule has 0 spiro atoms. The molecule has 6 nitrogen and oxygen atoms in total. The molecule has 3 aliphatic heterocycles. The lowest BCUT2D eigenvalue weighted by molar-refractivity contribution is -0.115. The number of likely N-dealkylation sites (tertiary alicyclic amines) is 1. The van der Waals surface area contributed by atoms with Gasteiger partial charge in [0.25, 0.3) is 11.8 Å². The molecule has 1 aromatic carbocycles. The summed E-state index contributed by atoms with van der Waals surface area (Å²) in [5.41, 5.74) is 1.48. The molecule has 1 aromatic rings. The van der Waals surface area contributed by atoms with Crippen LogP contribution in [0.15, 0.2) is 41.3 Å². The van der Waals surface area contributed by atoms with Crippen LogP contribution in [0.25, 0.3) is 5.76 Å². The number of benzene rings is 1. The van der Waals surface area contributed by atoms with E-state index in [0.29, 0.717) is 27.8 Å². The van der Waals surface area contributed by atoms with Crippen molar-refractivity contribution in [3.8, 4) is 0 Å². The van der Waals surface area contributed by atoms with Gasteiger partial charge in [0.1, 0.15) is 16.2 Å². The van der Waals surface area contributed by atoms with Crippen LogP contribution in [-0.2, 0) is 9.53 Å². The molecule has 1 atom stereocenters. The van der Waals surface area contributed by atoms with Crippen LogP contribution >= 0.6 is 24.0 Å². The maximum atomic E-state index is 12.5. The molecule has 3 aliphatic rings. The number of thiocarbonyl (C=S) groups is 1. The highest BCUT2D eigenvalue weighted by molar-refractivity contribution is 8.26. The van der Waals surface area contributed by atoms with E-state index in [2.05, 4.69) is 15.5 Å². The van der Waals surface area contributed by atoms with Crippen LogP contribution in [-0.4, -0.2) is 53.3 Å². The summed E-state index contributed by atoms with van der Waals surface area (Å²) in [5, 5.41) is 5.61. The summed E-state index contributed by atoms with van der Waals surface area (Å²) in [6, 6.07) is 7.44. The molecule has 2 saturated heterocycles. The standard InChI is InChI=1S/C21H23N3O3S2/c25-19(22-8-11-24-9-1-2-10-24)15-5-3-4-14(12-15)17-7-6-16(27-17)13-18-20(26)23-21(28)29-18/h3-5,7,12-13,16H,1-2,6,8-11H2,(H,22,25)(H,23,26,28)/b18-13-. The first-order chi connectivity index (χ1) is 14.1. The summed E-state index contributed by atoms with van der Waals surface area (Å²) < 4.78 is 6.45. The Morgan fingerprint density at radius 2 is 2.21 bits per heavy atom. The number of rotatable bonds is 6. The molecule has 0 saturated carbocycles. The molecule has 2 fully saturated rings. The van der Waals surface area contributed by atoms with Crippen LogP contribution in [0.5, 0.6) is 0 Å². The van der Waals surface area contributed by atoms with Crippen molar-refractivity contribution in [2.24, 2.45) is 0 Å². The van der Waals surface area contributed by atoms with E-state index in [9.17, 15) is 9.59 Å². The summed E-state index contributed by atoms with van der Waals surface area (Å²) >= 11 is 6.26. The van der Waals surface area contributed by atoms with E-state index in [1.165, 1.54) is 24.6 Å². The quantitative estimate of drug-likeness (QED) is 0.535. The topological polar surface area (TPSA) is 70.7 Å². The lowest BCUT2D eigenvalue weighted by atomic mass is 10.1. The Balaban J connectivity index is 1.33. The third-order valence-electron chi connectivity index (χ3n) is 5.11. The average molecular weight is 430 g/mol. The number of nitrogens with one attached hydrogen (secondary N) is 2. The predicted octanol–water partition coefficient (Wildman–Crippen LogP) is 2.67. The summed E-state index contributed by atoms with van der Waals surface area (Å²) in [5.74, 6) is 0.477. The number of ether oxygens (including phenoxy) is 1. The van der Waals surface area contributed by atoms with Crippen molar-refractivity contribution in [3.05, 3.63) is 52.4 Å². The Hall–Kier alpha value is -2.16. The Labute approximate surface area is 179 Å². The molecule has 152 valence electrons. The second kappa shape index (κ2) is 9.11. The zero-order valence-electron chi connectivity index (χ0n) is 16.0. The molecule has 1 unspecified atom stereocenters. The lowest BCUT2D eigenvalue weighted by Gasteiger charge is -2.15. The van der Waals surface area contributed by atoms with E-state index in [0.717, 1.165) is 31.0 Å². The molecule has 3 heterocycles. The van der Waals surface area contributed by atoms with Crippen molar-refractivity contribution in [1.29, 1.82) is 0 Å². The van der Waals surface area contributed by atoms with Crippen LogP contribution in [0, 0.1) is 0 Å². The minimum absolute atomic E-state index is 0.0733. The minimum atomic E-state index is -0.211. The smallest absolute Gasteiger partial charge is 0.263 e. The van der Waals surface area contributed by atoms with Gasteiger partial charge in [0.05, 0.1) is 4.91 Å². The Morgan fingerprint density at radius 3 is 2.97 bits per heavy atom. The molecule has 4 rings (SSSR count). The van der Waals surface area contributed by atoms with Gasteiger partial charge in [-0.05, 0) is 50.2 Å². The van der Waals surface area contributed by atoms with Crippen LogP contribution < -0.4 is 10.6 Å². The molecular weight excluding hydrogens is 406 g/mol. The first-order valence-electron chi connectivity index (χ1n) is 9.81. The third kappa shape index (κ3) is 5.07. The van der Waals surface area contributed by atoms with E-state index in [1.807, 2.05) is 30.3 Å². The highest BCUT2D eigenvalue weighted by atomic mass is 32.2. The first-order valence-corrected chi connectivity index (χ1v) is 11.0.